The Kier molecular flexibility index (Phi) is 2.86. The lowest BCUT2D eigenvalue weighted by Gasteiger charge is -2.07. The average Bonchev–Trinajstić information content (AvgIpc) is 2.62. The van der Waals surface area contributed by atoms with Crippen LogP contribution < -0.4 is 5.32 Å². The van der Waals surface area contributed by atoms with Crippen LogP contribution in [-0.2, 0) is 10.8 Å². The molecule has 1 fully saturated rings. The van der Waals surface area contributed by atoms with E-state index in [2.05, 4.69) is 10.3 Å². The van der Waals surface area contributed by atoms with Gasteiger partial charge in [-0.3, -0.25) is 4.21 Å². The van der Waals surface area contributed by atoms with Crippen LogP contribution in [-0.4, -0.2) is 26.7 Å². The van der Waals surface area contributed by atoms with Crippen molar-refractivity contribution in [3.05, 3.63) is 10.5 Å². The van der Waals surface area contributed by atoms with Gasteiger partial charge in [-0.05, 0) is 6.42 Å². The summed E-state index contributed by atoms with van der Waals surface area (Å²) in [5.74, 6) is 1.54. The molecule has 2 atom stereocenters. The van der Waals surface area contributed by atoms with Crippen molar-refractivity contribution in [2.45, 2.75) is 12.5 Å². The first-order valence-corrected chi connectivity index (χ1v) is 6.65. The van der Waals surface area contributed by atoms with Crippen molar-refractivity contribution in [3.8, 4) is 0 Å². The van der Waals surface area contributed by atoms with Gasteiger partial charge >= 0.3 is 0 Å². The number of aromatic nitrogens is 1. The van der Waals surface area contributed by atoms with Crippen LogP contribution in [0, 0.1) is 0 Å². The van der Waals surface area contributed by atoms with Gasteiger partial charge in [0.05, 0.1) is 6.20 Å². The van der Waals surface area contributed by atoms with E-state index in [1.807, 2.05) is 0 Å². The van der Waals surface area contributed by atoms with Crippen molar-refractivity contribution in [2.24, 2.45) is 0 Å². The van der Waals surface area contributed by atoms with Gasteiger partial charge in [-0.15, -0.1) is 0 Å². The van der Waals surface area contributed by atoms with E-state index in [4.69, 9.17) is 11.6 Å². The Balaban J connectivity index is 1.95. The third kappa shape index (κ3) is 2.42. The first-order chi connectivity index (χ1) is 6.24. The highest BCUT2D eigenvalue weighted by Gasteiger charge is 2.21. The molecule has 0 radical (unpaired) electrons. The number of nitrogens with zero attached hydrogens (tertiary/aromatic N) is 1. The van der Waals surface area contributed by atoms with Crippen LogP contribution in [0.2, 0.25) is 4.34 Å². The maximum Gasteiger partial charge on any atom is 0.184 e. The van der Waals surface area contributed by atoms with Gasteiger partial charge in [-0.2, -0.15) is 0 Å². The summed E-state index contributed by atoms with van der Waals surface area (Å²) in [5, 5.41) is 4.05. The Morgan fingerprint density at radius 2 is 2.62 bits per heavy atom. The van der Waals surface area contributed by atoms with E-state index in [9.17, 15) is 4.21 Å². The fourth-order valence-corrected chi connectivity index (χ4v) is 3.58. The van der Waals surface area contributed by atoms with Crippen LogP contribution in [0.4, 0.5) is 5.13 Å². The molecule has 1 aromatic rings. The normalized spacial score (nSPS) is 27.8. The Labute approximate surface area is 88.0 Å². The lowest BCUT2D eigenvalue weighted by atomic mass is 10.3. The fourth-order valence-electron chi connectivity index (χ4n) is 1.27. The molecule has 0 amide bonds. The first kappa shape index (κ1) is 9.43. The van der Waals surface area contributed by atoms with Gasteiger partial charge in [-0.1, -0.05) is 22.9 Å². The molecule has 1 saturated heterocycles. The van der Waals surface area contributed by atoms with Crippen molar-refractivity contribution < 1.29 is 4.21 Å². The van der Waals surface area contributed by atoms with E-state index in [1.165, 1.54) is 11.3 Å². The number of hydrogen-bond acceptors (Lipinski definition) is 4. The number of anilines is 1. The highest BCUT2D eigenvalue weighted by molar-refractivity contribution is 7.85. The molecule has 0 aliphatic carbocycles. The second-order valence-corrected chi connectivity index (χ2v) is 6.19. The van der Waals surface area contributed by atoms with E-state index >= 15 is 0 Å². The summed E-state index contributed by atoms with van der Waals surface area (Å²) in [5.41, 5.74) is 0. The van der Waals surface area contributed by atoms with Gasteiger partial charge in [0.1, 0.15) is 4.34 Å². The smallest absolute Gasteiger partial charge is 0.184 e. The van der Waals surface area contributed by atoms with E-state index in [0.29, 0.717) is 10.4 Å². The molecule has 2 heterocycles. The van der Waals surface area contributed by atoms with Crippen molar-refractivity contribution in [3.63, 3.8) is 0 Å². The zero-order valence-electron chi connectivity index (χ0n) is 6.83. The summed E-state index contributed by atoms with van der Waals surface area (Å²) >= 11 is 7.15. The molecule has 6 heteroatoms. The molecule has 1 aliphatic heterocycles. The third-order valence-corrected chi connectivity index (χ3v) is 4.40. The van der Waals surface area contributed by atoms with Gasteiger partial charge in [0.25, 0.3) is 0 Å². The molecule has 72 valence electrons. The zero-order chi connectivity index (χ0) is 9.26. The molecule has 13 heavy (non-hydrogen) atoms. The van der Waals surface area contributed by atoms with E-state index in [1.54, 1.807) is 6.20 Å². The van der Waals surface area contributed by atoms with Crippen LogP contribution in [0.25, 0.3) is 0 Å². The average molecular weight is 237 g/mol. The lowest BCUT2D eigenvalue weighted by molar-refractivity contribution is 0.687. The summed E-state index contributed by atoms with van der Waals surface area (Å²) in [6, 6.07) is 0.308. The zero-order valence-corrected chi connectivity index (χ0v) is 9.21. The molecule has 0 saturated carbocycles. The largest absolute Gasteiger partial charge is 0.358 e. The quantitative estimate of drug-likeness (QED) is 0.851. The molecule has 3 nitrogen and oxygen atoms in total. The van der Waals surface area contributed by atoms with Crippen molar-refractivity contribution in [1.29, 1.82) is 0 Å². The Morgan fingerprint density at radius 3 is 3.15 bits per heavy atom. The van der Waals surface area contributed by atoms with Gasteiger partial charge in [0.15, 0.2) is 5.13 Å². The van der Waals surface area contributed by atoms with Gasteiger partial charge in [0, 0.05) is 28.3 Å². The van der Waals surface area contributed by atoms with Crippen molar-refractivity contribution in [1.82, 2.24) is 4.98 Å². The number of halogens is 1. The van der Waals surface area contributed by atoms with Crippen LogP contribution >= 0.6 is 22.9 Å². The molecule has 1 aromatic heterocycles. The Morgan fingerprint density at radius 1 is 1.77 bits per heavy atom. The number of hydrogen-bond donors (Lipinski definition) is 1. The summed E-state index contributed by atoms with van der Waals surface area (Å²) < 4.78 is 11.8. The minimum atomic E-state index is -0.638. The number of rotatable bonds is 2. The van der Waals surface area contributed by atoms with E-state index in [-0.39, 0.29) is 0 Å². The van der Waals surface area contributed by atoms with Crippen LogP contribution in [0.3, 0.4) is 0 Å². The van der Waals surface area contributed by atoms with Gasteiger partial charge < -0.3 is 5.32 Å². The fraction of sp³-hybridized carbons (Fsp3) is 0.571. The minimum Gasteiger partial charge on any atom is -0.358 e. The SMILES string of the molecule is O=S1CCC(Nc2ncc(Cl)s2)C1. The predicted molar refractivity (Wildman–Crippen MR) is 57.0 cm³/mol. The summed E-state index contributed by atoms with van der Waals surface area (Å²) in [4.78, 5) is 4.08. The third-order valence-electron chi connectivity index (χ3n) is 1.89. The lowest BCUT2D eigenvalue weighted by Crippen LogP contribution is -2.18. The molecule has 1 N–H and O–H groups in total. The second-order valence-electron chi connectivity index (χ2n) is 2.91. The van der Waals surface area contributed by atoms with Crippen LogP contribution in [0.5, 0.6) is 0 Å². The molecule has 0 aromatic carbocycles. The Bertz CT molecular complexity index is 328. The molecular weight excluding hydrogens is 228 g/mol. The monoisotopic (exact) mass is 236 g/mol. The number of nitrogens with one attached hydrogen (secondary N) is 1. The molecular formula is C7H9ClN2OS2. The predicted octanol–water partition coefficient (Wildman–Crippen LogP) is 1.73. The number of thiazole rings is 1. The summed E-state index contributed by atoms with van der Waals surface area (Å²) in [6.07, 6.45) is 2.59. The maximum absolute atomic E-state index is 11.1. The van der Waals surface area contributed by atoms with E-state index < -0.39 is 10.8 Å². The molecule has 0 spiro atoms. The molecule has 2 rings (SSSR count). The standard InChI is InChI=1S/C7H9ClN2OS2/c8-6-3-9-7(12-6)10-5-1-2-13(11)4-5/h3,5H,1-2,4H2,(H,9,10). The van der Waals surface area contributed by atoms with Crippen molar-refractivity contribution >= 4 is 38.9 Å². The first-order valence-electron chi connectivity index (χ1n) is 3.97. The second kappa shape index (κ2) is 3.94. The van der Waals surface area contributed by atoms with Gasteiger partial charge in [0.2, 0.25) is 0 Å². The van der Waals surface area contributed by atoms with E-state index in [0.717, 1.165) is 23.1 Å². The summed E-state index contributed by atoms with van der Waals surface area (Å²) in [6.45, 7) is 0. The topological polar surface area (TPSA) is 42.0 Å². The Hall–Kier alpha value is -0.130. The van der Waals surface area contributed by atoms with Crippen LogP contribution in [0.15, 0.2) is 6.20 Å². The molecule has 0 bridgehead atoms. The highest BCUT2D eigenvalue weighted by atomic mass is 35.5. The maximum atomic E-state index is 11.1. The molecule has 2 unspecified atom stereocenters. The summed E-state index contributed by atoms with van der Waals surface area (Å²) in [7, 11) is -0.638. The van der Waals surface area contributed by atoms with Crippen LogP contribution in [0.1, 0.15) is 6.42 Å². The minimum absolute atomic E-state index is 0.308. The molecule has 1 aliphatic rings. The van der Waals surface area contributed by atoms with Gasteiger partial charge in [-0.25, -0.2) is 4.98 Å². The highest BCUT2D eigenvalue weighted by Crippen LogP contribution is 2.24. The van der Waals surface area contributed by atoms with Crippen molar-refractivity contribution in [2.75, 3.05) is 16.8 Å².